The van der Waals surface area contributed by atoms with Gasteiger partial charge in [-0.25, -0.2) is 0 Å². The number of nitrogen functional groups attached to an aromatic ring is 1. The minimum Gasteiger partial charge on any atom is -0.397 e. The first kappa shape index (κ1) is 13.3. The van der Waals surface area contributed by atoms with Gasteiger partial charge in [-0.15, -0.1) is 0 Å². The van der Waals surface area contributed by atoms with Gasteiger partial charge in [-0.05, 0) is 31.0 Å². The Balaban J connectivity index is 2.67. The lowest BCUT2D eigenvalue weighted by molar-refractivity contribution is 0.0457. The van der Waals surface area contributed by atoms with Gasteiger partial charge < -0.3 is 16.2 Å². The van der Waals surface area contributed by atoms with Crippen LogP contribution in [0.3, 0.4) is 0 Å². The quantitative estimate of drug-likeness (QED) is 0.730. The van der Waals surface area contributed by atoms with Crippen LogP contribution in [0.1, 0.15) is 26.7 Å². The molecule has 0 bridgehead atoms. The average molecular weight is 287 g/mol. The van der Waals surface area contributed by atoms with Gasteiger partial charge in [0, 0.05) is 11.0 Å². The van der Waals surface area contributed by atoms with Crippen LogP contribution in [0.4, 0.5) is 11.4 Å². The number of aliphatic hydroxyl groups is 1. The molecule has 0 aliphatic carbocycles. The number of halogens is 1. The Hall–Kier alpha value is -0.740. The molecule has 0 atom stereocenters. The molecule has 4 N–H and O–H groups in total. The van der Waals surface area contributed by atoms with E-state index in [0.717, 1.165) is 23.0 Å². The van der Waals surface area contributed by atoms with Crippen LogP contribution in [0.15, 0.2) is 22.7 Å². The maximum Gasteiger partial charge on any atom is 0.0814 e. The Kier molecular flexibility index (Phi) is 4.62. The third-order valence-corrected chi connectivity index (χ3v) is 3.43. The monoisotopic (exact) mass is 286 g/mol. The summed E-state index contributed by atoms with van der Waals surface area (Å²) in [4.78, 5) is 0. The van der Waals surface area contributed by atoms with Gasteiger partial charge in [-0.1, -0.05) is 29.8 Å². The van der Waals surface area contributed by atoms with Gasteiger partial charge in [0.05, 0.1) is 17.0 Å². The second kappa shape index (κ2) is 5.55. The molecule has 1 aromatic carbocycles. The molecule has 0 spiro atoms. The lowest BCUT2D eigenvalue weighted by atomic mass is 9.97. The van der Waals surface area contributed by atoms with Gasteiger partial charge in [0.25, 0.3) is 0 Å². The molecule has 1 aromatic rings. The van der Waals surface area contributed by atoms with E-state index in [9.17, 15) is 5.11 Å². The predicted molar refractivity (Wildman–Crippen MR) is 72.6 cm³/mol. The molecule has 0 radical (unpaired) electrons. The molecular formula is C12H19BrN2O. The Morgan fingerprint density at radius 3 is 2.50 bits per heavy atom. The first-order valence-corrected chi connectivity index (χ1v) is 6.31. The van der Waals surface area contributed by atoms with Crippen molar-refractivity contribution < 1.29 is 5.11 Å². The van der Waals surface area contributed by atoms with E-state index in [1.165, 1.54) is 0 Å². The molecule has 3 nitrogen and oxygen atoms in total. The maximum atomic E-state index is 10.1. The second-order valence-corrected chi connectivity index (χ2v) is 4.93. The Bertz CT molecular complexity index is 351. The fourth-order valence-corrected chi connectivity index (χ4v) is 1.83. The van der Waals surface area contributed by atoms with E-state index in [0.29, 0.717) is 12.2 Å². The van der Waals surface area contributed by atoms with Crippen molar-refractivity contribution in [2.75, 3.05) is 17.6 Å². The van der Waals surface area contributed by atoms with Crippen molar-refractivity contribution >= 4 is 27.3 Å². The Morgan fingerprint density at radius 1 is 1.38 bits per heavy atom. The van der Waals surface area contributed by atoms with E-state index in [-0.39, 0.29) is 0 Å². The standard InChI is InChI=1S/C12H19BrN2O/c1-3-12(16,4-2)8-15-11-6-5-9(13)7-10(11)14/h5-7,15-16H,3-4,8,14H2,1-2H3. The van der Waals surface area contributed by atoms with Crippen LogP contribution in [0.2, 0.25) is 0 Å². The van der Waals surface area contributed by atoms with Crippen LogP contribution < -0.4 is 11.1 Å². The van der Waals surface area contributed by atoms with Crippen molar-refractivity contribution in [3.63, 3.8) is 0 Å². The van der Waals surface area contributed by atoms with E-state index >= 15 is 0 Å². The highest BCUT2D eigenvalue weighted by Gasteiger charge is 2.21. The summed E-state index contributed by atoms with van der Waals surface area (Å²) in [5, 5.41) is 13.3. The molecule has 0 aliphatic heterocycles. The van der Waals surface area contributed by atoms with E-state index in [2.05, 4.69) is 21.2 Å². The molecule has 0 unspecified atom stereocenters. The van der Waals surface area contributed by atoms with Crippen LogP contribution >= 0.6 is 15.9 Å². The van der Waals surface area contributed by atoms with Gasteiger partial charge in [-0.2, -0.15) is 0 Å². The number of rotatable bonds is 5. The lowest BCUT2D eigenvalue weighted by Gasteiger charge is -2.26. The van der Waals surface area contributed by atoms with E-state index in [1.807, 2.05) is 32.0 Å². The summed E-state index contributed by atoms with van der Waals surface area (Å²) in [6.45, 7) is 4.48. The first-order chi connectivity index (χ1) is 7.50. The molecule has 1 rings (SSSR count). The highest BCUT2D eigenvalue weighted by molar-refractivity contribution is 9.10. The molecule has 0 aliphatic rings. The van der Waals surface area contributed by atoms with Crippen LogP contribution in [0, 0.1) is 0 Å². The van der Waals surface area contributed by atoms with Gasteiger partial charge in [-0.3, -0.25) is 0 Å². The van der Waals surface area contributed by atoms with Crippen molar-refractivity contribution in [1.29, 1.82) is 0 Å². The highest BCUT2D eigenvalue weighted by atomic mass is 79.9. The van der Waals surface area contributed by atoms with E-state index in [4.69, 9.17) is 5.73 Å². The van der Waals surface area contributed by atoms with Crippen LogP contribution in [0.25, 0.3) is 0 Å². The fraction of sp³-hybridized carbons (Fsp3) is 0.500. The van der Waals surface area contributed by atoms with E-state index in [1.54, 1.807) is 0 Å². The van der Waals surface area contributed by atoms with Crippen molar-refractivity contribution in [1.82, 2.24) is 0 Å². The summed E-state index contributed by atoms with van der Waals surface area (Å²) in [5.74, 6) is 0. The van der Waals surface area contributed by atoms with Gasteiger partial charge >= 0.3 is 0 Å². The van der Waals surface area contributed by atoms with Crippen molar-refractivity contribution in [2.45, 2.75) is 32.3 Å². The molecule has 0 heterocycles. The molecule has 0 amide bonds. The number of benzene rings is 1. The zero-order chi connectivity index (χ0) is 12.2. The topological polar surface area (TPSA) is 58.3 Å². The van der Waals surface area contributed by atoms with Gasteiger partial charge in [0.15, 0.2) is 0 Å². The molecule has 0 aromatic heterocycles. The van der Waals surface area contributed by atoms with Crippen LogP contribution in [-0.4, -0.2) is 17.3 Å². The summed E-state index contributed by atoms with van der Waals surface area (Å²) >= 11 is 3.36. The van der Waals surface area contributed by atoms with Crippen molar-refractivity contribution in [3.05, 3.63) is 22.7 Å². The Morgan fingerprint density at radius 2 is 2.00 bits per heavy atom. The van der Waals surface area contributed by atoms with Gasteiger partial charge in [0.1, 0.15) is 0 Å². The minimum atomic E-state index is -0.653. The summed E-state index contributed by atoms with van der Waals surface area (Å²) in [6.07, 6.45) is 1.46. The molecule has 90 valence electrons. The molecule has 4 heteroatoms. The van der Waals surface area contributed by atoms with Gasteiger partial charge in [0.2, 0.25) is 0 Å². The lowest BCUT2D eigenvalue weighted by Crippen LogP contribution is -2.35. The zero-order valence-corrected chi connectivity index (χ0v) is 11.3. The van der Waals surface area contributed by atoms with Crippen LogP contribution in [-0.2, 0) is 0 Å². The molecule has 0 saturated heterocycles. The second-order valence-electron chi connectivity index (χ2n) is 4.02. The average Bonchev–Trinajstić information content (AvgIpc) is 2.27. The number of nitrogens with two attached hydrogens (primary N) is 1. The number of hydrogen-bond acceptors (Lipinski definition) is 3. The summed E-state index contributed by atoms with van der Waals surface area (Å²) in [7, 11) is 0. The third-order valence-electron chi connectivity index (χ3n) is 2.94. The minimum absolute atomic E-state index is 0.520. The molecule has 0 saturated carbocycles. The van der Waals surface area contributed by atoms with Crippen LogP contribution in [0.5, 0.6) is 0 Å². The first-order valence-electron chi connectivity index (χ1n) is 5.52. The molecule has 0 fully saturated rings. The predicted octanol–water partition coefficient (Wildman–Crippen LogP) is 2.99. The molecular weight excluding hydrogens is 268 g/mol. The largest absolute Gasteiger partial charge is 0.397 e. The fourth-order valence-electron chi connectivity index (χ4n) is 1.45. The Labute approximate surface area is 105 Å². The van der Waals surface area contributed by atoms with Crippen molar-refractivity contribution in [2.24, 2.45) is 0 Å². The van der Waals surface area contributed by atoms with E-state index < -0.39 is 5.60 Å². The highest BCUT2D eigenvalue weighted by Crippen LogP contribution is 2.24. The number of hydrogen-bond donors (Lipinski definition) is 3. The van der Waals surface area contributed by atoms with Crippen molar-refractivity contribution in [3.8, 4) is 0 Å². The maximum absolute atomic E-state index is 10.1. The summed E-state index contributed by atoms with van der Waals surface area (Å²) in [6, 6.07) is 5.68. The summed E-state index contributed by atoms with van der Waals surface area (Å²) in [5.41, 5.74) is 6.75. The number of anilines is 2. The number of nitrogens with one attached hydrogen (secondary N) is 1. The SMILES string of the molecule is CCC(O)(CC)CNc1ccc(Br)cc1N. The summed E-state index contributed by atoms with van der Waals surface area (Å²) < 4.78 is 0.955. The smallest absolute Gasteiger partial charge is 0.0814 e. The normalized spacial score (nSPS) is 11.5. The molecule has 16 heavy (non-hydrogen) atoms. The zero-order valence-electron chi connectivity index (χ0n) is 9.76. The third kappa shape index (κ3) is 3.39.